The number of benzene rings is 2. The molecule has 1 aliphatic rings. The molecule has 7 nitrogen and oxygen atoms in total. The second-order valence-electron chi connectivity index (χ2n) is 9.81. The van der Waals surface area contributed by atoms with Gasteiger partial charge in [-0.25, -0.2) is 0 Å². The second-order valence-corrected chi connectivity index (χ2v) is 9.81. The average Bonchev–Trinajstić information content (AvgIpc) is 3.30. The fourth-order valence-electron chi connectivity index (χ4n) is 4.25. The van der Waals surface area contributed by atoms with Crippen LogP contribution in [-0.2, 0) is 20.8 Å². The van der Waals surface area contributed by atoms with E-state index in [4.69, 9.17) is 5.73 Å². The van der Waals surface area contributed by atoms with Crippen molar-refractivity contribution in [3.05, 3.63) is 60.2 Å². The maximum atomic E-state index is 13.3. The summed E-state index contributed by atoms with van der Waals surface area (Å²) in [6.45, 7) is 6.85. The van der Waals surface area contributed by atoms with Crippen molar-refractivity contribution in [2.24, 2.45) is 11.1 Å². The van der Waals surface area contributed by atoms with Crippen LogP contribution in [0.1, 0.15) is 39.2 Å². The molecule has 0 radical (unpaired) electrons. The number of hydrogen-bond donors (Lipinski definition) is 3. The molecule has 0 bridgehead atoms. The van der Waals surface area contributed by atoms with Crippen molar-refractivity contribution in [2.75, 3.05) is 19.6 Å². The smallest absolute Gasteiger partial charge is 0.243 e. The van der Waals surface area contributed by atoms with Gasteiger partial charge in [0.2, 0.25) is 17.7 Å². The van der Waals surface area contributed by atoms with E-state index in [0.717, 1.165) is 22.8 Å². The first-order valence-electron chi connectivity index (χ1n) is 11.9. The van der Waals surface area contributed by atoms with Crippen LogP contribution in [-0.4, -0.2) is 54.3 Å². The lowest BCUT2D eigenvalue weighted by Gasteiger charge is -2.31. The van der Waals surface area contributed by atoms with Gasteiger partial charge in [0.15, 0.2) is 0 Å². The molecule has 2 unspecified atom stereocenters. The van der Waals surface area contributed by atoms with Gasteiger partial charge in [-0.3, -0.25) is 14.4 Å². The fraction of sp³-hybridized carbons (Fsp3) is 0.444. The van der Waals surface area contributed by atoms with E-state index >= 15 is 0 Å². The largest absolute Gasteiger partial charge is 0.351 e. The average molecular weight is 465 g/mol. The van der Waals surface area contributed by atoms with Crippen LogP contribution in [0.2, 0.25) is 0 Å². The molecule has 7 heteroatoms. The number of amides is 3. The van der Waals surface area contributed by atoms with Crippen LogP contribution in [0.15, 0.2) is 54.6 Å². The van der Waals surface area contributed by atoms with Crippen LogP contribution in [0.5, 0.6) is 0 Å². The van der Waals surface area contributed by atoms with Gasteiger partial charge < -0.3 is 21.3 Å². The zero-order valence-electron chi connectivity index (χ0n) is 20.3. The first-order chi connectivity index (χ1) is 16.2. The molecule has 0 spiro atoms. The van der Waals surface area contributed by atoms with E-state index in [-0.39, 0.29) is 17.7 Å². The third kappa shape index (κ3) is 6.44. The van der Waals surface area contributed by atoms with Crippen molar-refractivity contribution in [1.82, 2.24) is 15.5 Å². The van der Waals surface area contributed by atoms with E-state index in [0.29, 0.717) is 32.5 Å². The van der Waals surface area contributed by atoms with Gasteiger partial charge in [0.05, 0.1) is 0 Å². The maximum absolute atomic E-state index is 13.3. The van der Waals surface area contributed by atoms with Gasteiger partial charge in [0, 0.05) is 31.5 Å². The maximum Gasteiger partial charge on any atom is 0.243 e. The van der Waals surface area contributed by atoms with Gasteiger partial charge in [-0.15, -0.1) is 0 Å². The number of likely N-dealkylation sites (tertiary alicyclic amines) is 1. The highest BCUT2D eigenvalue weighted by Crippen LogP contribution is 2.26. The molecule has 1 aliphatic heterocycles. The Morgan fingerprint density at radius 2 is 1.85 bits per heavy atom. The monoisotopic (exact) mass is 464 g/mol. The third-order valence-electron chi connectivity index (χ3n) is 6.04. The molecule has 182 valence electrons. The highest BCUT2D eigenvalue weighted by molar-refractivity contribution is 5.93. The fourth-order valence-corrected chi connectivity index (χ4v) is 4.25. The molecule has 0 aromatic heterocycles. The molecule has 0 saturated carbocycles. The normalized spacial score (nSPS) is 17.2. The standard InChI is InChI=1S/C27H36N4O3/c1-27(2,3)26(34)31-16-8-11-23(31)25(33)30-22(24(32)29-15-7-6-14-28)18-19-12-13-20-9-4-5-10-21(20)17-19/h4-7,9-10,12-13,17,22-23H,8,11,14-16,18,28H2,1-3H3,(H,29,32)(H,30,33)/b7-6+. The Morgan fingerprint density at radius 3 is 2.56 bits per heavy atom. The van der Waals surface area contributed by atoms with Crippen LogP contribution in [0.4, 0.5) is 0 Å². The number of nitrogens with one attached hydrogen (secondary N) is 2. The lowest BCUT2D eigenvalue weighted by Crippen LogP contribution is -2.55. The van der Waals surface area contributed by atoms with Crippen molar-refractivity contribution in [1.29, 1.82) is 0 Å². The Bertz CT molecular complexity index is 1060. The topological polar surface area (TPSA) is 105 Å². The molecule has 3 rings (SSSR count). The number of nitrogens with zero attached hydrogens (tertiary/aromatic N) is 1. The van der Waals surface area contributed by atoms with Gasteiger partial charge >= 0.3 is 0 Å². The summed E-state index contributed by atoms with van der Waals surface area (Å²) in [6, 6.07) is 12.8. The molecule has 2 aromatic carbocycles. The van der Waals surface area contributed by atoms with Crippen molar-refractivity contribution < 1.29 is 14.4 Å². The highest BCUT2D eigenvalue weighted by Gasteiger charge is 2.39. The van der Waals surface area contributed by atoms with Gasteiger partial charge in [0.1, 0.15) is 12.1 Å². The van der Waals surface area contributed by atoms with Crippen LogP contribution in [0.3, 0.4) is 0 Å². The molecule has 1 heterocycles. The number of hydrogen-bond acceptors (Lipinski definition) is 4. The first-order valence-corrected chi connectivity index (χ1v) is 11.9. The van der Waals surface area contributed by atoms with Gasteiger partial charge in [-0.1, -0.05) is 75.4 Å². The van der Waals surface area contributed by atoms with Crippen LogP contribution in [0.25, 0.3) is 10.8 Å². The Kier molecular flexibility index (Phi) is 8.45. The lowest BCUT2D eigenvalue weighted by molar-refractivity contribution is -0.145. The van der Waals surface area contributed by atoms with E-state index in [1.165, 1.54) is 0 Å². The Labute approximate surface area is 201 Å². The number of rotatable bonds is 8. The van der Waals surface area contributed by atoms with Gasteiger partial charge in [-0.05, 0) is 29.2 Å². The van der Waals surface area contributed by atoms with Crippen LogP contribution < -0.4 is 16.4 Å². The third-order valence-corrected chi connectivity index (χ3v) is 6.04. The van der Waals surface area contributed by atoms with Gasteiger partial charge in [-0.2, -0.15) is 0 Å². The molecular weight excluding hydrogens is 428 g/mol. The van der Waals surface area contributed by atoms with Crippen LogP contribution in [0, 0.1) is 5.41 Å². The van der Waals surface area contributed by atoms with E-state index in [1.54, 1.807) is 17.1 Å². The molecule has 0 aliphatic carbocycles. The summed E-state index contributed by atoms with van der Waals surface area (Å²) in [4.78, 5) is 40.8. The Hall–Kier alpha value is -3.19. The quantitative estimate of drug-likeness (QED) is 0.522. The Balaban J connectivity index is 1.78. The Morgan fingerprint density at radius 1 is 1.12 bits per heavy atom. The number of nitrogens with two attached hydrogens (primary N) is 1. The molecule has 3 amide bonds. The summed E-state index contributed by atoms with van der Waals surface area (Å²) in [7, 11) is 0. The zero-order valence-corrected chi connectivity index (χ0v) is 20.3. The second kappa shape index (κ2) is 11.3. The highest BCUT2D eigenvalue weighted by atomic mass is 16.2. The minimum atomic E-state index is -0.757. The molecule has 2 aromatic rings. The van der Waals surface area contributed by atoms with E-state index in [1.807, 2.05) is 63.2 Å². The summed E-state index contributed by atoms with van der Waals surface area (Å²) in [5.41, 5.74) is 5.85. The summed E-state index contributed by atoms with van der Waals surface area (Å²) in [5.74, 6) is -0.601. The molecular formula is C27H36N4O3. The van der Waals surface area contributed by atoms with E-state index in [2.05, 4.69) is 10.6 Å². The molecule has 1 fully saturated rings. The zero-order chi connectivity index (χ0) is 24.7. The number of carbonyl (C=O) groups excluding carboxylic acids is 3. The minimum absolute atomic E-state index is 0.0485. The number of fused-ring (bicyclic) bond motifs is 1. The first kappa shape index (κ1) is 25.4. The summed E-state index contributed by atoms with van der Waals surface area (Å²) in [5, 5.41) is 7.99. The lowest BCUT2D eigenvalue weighted by atomic mass is 9.94. The molecule has 2 atom stereocenters. The SMILES string of the molecule is CC(C)(C)C(=O)N1CCCC1C(=O)NC(Cc1ccc2ccccc2c1)C(=O)NC/C=C/CN. The van der Waals surface area contributed by atoms with Gasteiger partial charge in [0.25, 0.3) is 0 Å². The minimum Gasteiger partial charge on any atom is -0.351 e. The summed E-state index contributed by atoms with van der Waals surface area (Å²) >= 11 is 0. The summed E-state index contributed by atoms with van der Waals surface area (Å²) < 4.78 is 0. The van der Waals surface area contributed by atoms with Crippen LogP contribution >= 0.6 is 0 Å². The molecule has 34 heavy (non-hydrogen) atoms. The van der Waals surface area contributed by atoms with E-state index in [9.17, 15) is 14.4 Å². The van der Waals surface area contributed by atoms with Crippen molar-refractivity contribution in [3.8, 4) is 0 Å². The van der Waals surface area contributed by atoms with Crippen molar-refractivity contribution in [3.63, 3.8) is 0 Å². The molecule has 1 saturated heterocycles. The summed E-state index contributed by atoms with van der Waals surface area (Å²) in [6.07, 6.45) is 5.27. The van der Waals surface area contributed by atoms with Crippen molar-refractivity contribution >= 4 is 28.5 Å². The predicted molar refractivity (Wildman–Crippen MR) is 135 cm³/mol. The van der Waals surface area contributed by atoms with E-state index < -0.39 is 17.5 Å². The predicted octanol–water partition coefficient (Wildman–Crippen LogP) is 2.54. The number of carbonyl (C=O) groups is 3. The van der Waals surface area contributed by atoms with Crippen molar-refractivity contribution in [2.45, 2.75) is 52.1 Å². The molecule has 4 N–H and O–H groups in total.